The van der Waals surface area contributed by atoms with E-state index in [0.717, 1.165) is 22.4 Å². The van der Waals surface area contributed by atoms with Crippen molar-refractivity contribution in [2.75, 3.05) is 13.1 Å². The average molecular weight is 455 g/mol. The topological polar surface area (TPSA) is 80.3 Å². The number of rotatable bonds is 4. The second kappa shape index (κ2) is 9.20. The summed E-state index contributed by atoms with van der Waals surface area (Å²) in [5.74, 6) is 0.608. The van der Waals surface area contributed by atoms with Crippen LogP contribution in [0, 0.1) is 0 Å². The van der Waals surface area contributed by atoms with Gasteiger partial charge in [0.2, 0.25) is 5.88 Å². The van der Waals surface area contributed by atoms with Crippen molar-refractivity contribution < 1.29 is 14.3 Å². The van der Waals surface area contributed by atoms with Crippen molar-refractivity contribution in [1.82, 2.24) is 20.1 Å². The number of hydrogen-bond acceptors (Lipinski definition) is 5. The number of aromatic amines is 1. The summed E-state index contributed by atoms with van der Waals surface area (Å²) < 4.78 is 11.8. The molecule has 4 rings (SSSR count). The Morgan fingerprint density at radius 2 is 1.72 bits per heavy atom. The Morgan fingerprint density at radius 3 is 2.34 bits per heavy atom. The van der Waals surface area contributed by atoms with Gasteiger partial charge in [-0.3, -0.25) is 4.98 Å². The minimum atomic E-state index is -0.502. The van der Waals surface area contributed by atoms with Crippen LogP contribution in [0.3, 0.4) is 0 Å². The molecule has 3 aromatic rings. The molecule has 7 nitrogen and oxygen atoms in total. The lowest BCUT2D eigenvalue weighted by molar-refractivity contribution is 0.0123. The number of ether oxygens (including phenoxy) is 2. The van der Waals surface area contributed by atoms with Crippen LogP contribution in [0.25, 0.3) is 22.4 Å². The average Bonchev–Trinajstić information content (AvgIpc) is 3.17. The number of piperidine rings is 1. The lowest BCUT2D eigenvalue weighted by Gasteiger charge is -2.33. The molecule has 168 valence electrons. The summed E-state index contributed by atoms with van der Waals surface area (Å²) in [7, 11) is 0. The molecule has 0 bridgehead atoms. The van der Waals surface area contributed by atoms with Crippen LogP contribution in [0.15, 0.2) is 48.8 Å². The van der Waals surface area contributed by atoms with E-state index < -0.39 is 5.60 Å². The molecule has 1 aliphatic heterocycles. The second-order valence-corrected chi connectivity index (χ2v) is 9.24. The number of aromatic nitrogens is 3. The molecule has 0 aliphatic carbocycles. The van der Waals surface area contributed by atoms with Gasteiger partial charge in [0.1, 0.15) is 17.4 Å². The molecule has 0 radical (unpaired) electrons. The van der Waals surface area contributed by atoms with Crippen molar-refractivity contribution in [1.29, 1.82) is 0 Å². The summed E-state index contributed by atoms with van der Waals surface area (Å²) in [6.07, 6.45) is 4.61. The zero-order valence-corrected chi connectivity index (χ0v) is 19.2. The van der Waals surface area contributed by atoms with E-state index in [4.69, 9.17) is 21.1 Å². The molecule has 1 amide bonds. The molecule has 32 heavy (non-hydrogen) atoms. The maximum absolute atomic E-state index is 12.3. The van der Waals surface area contributed by atoms with E-state index in [-0.39, 0.29) is 12.2 Å². The lowest BCUT2D eigenvalue weighted by Crippen LogP contribution is -2.44. The fraction of sp³-hybridized carbons (Fsp3) is 0.375. The molecule has 1 fully saturated rings. The van der Waals surface area contributed by atoms with Crippen LogP contribution >= 0.6 is 11.6 Å². The molecule has 8 heteroatoms. The number of pyridine rings is 1. The number of nitrogens with one attached hydrogen (secondary N) is 1. The molecule has 0 atom stereocenters. The van der Waals surface area contributed by atoms with Gasteiger partial charge in [-0.1, -0.05) is 23.7 Å². The number of halogens is 1. The van der Waals surface area contributed by atoms with Crippen molar-refractivity contribution >= 4 is 17.7 Å². The molecule has 1 saturated heterocycles. The molecule has 1 aromatic carbocycles. The predicted molar refractivity (Wildman–Crippen MR) is 124 cm³/mol. The summed E-state index contributed by atoms with van der Waals surface area (Å²) in [6, 6.07) is 11.4. The van der Waals surface area contributed by atoms with E-state index >= 15 is 0 Å². The van der Waals surface area contributed by atoms with Crippen molar-refractivity contribution in [3.8, 4) is 28.3 Å². The number of H-pyrrole nitrogens is 1. The van der Waals surface area contributed by atoms with Crippen molar-refractivity contribution in [2.45, 2.75) is 45.3 Å². The monoisotopic (exact) mass is 454 g/mol. The summed E-state index contributed by atoms with van der Waals surface area (Å²) in [5.41, 5.74) is 3.06. The third kappa shape index (κ3) is 5.22. The van der Waals surface area contributed by atoms with Crippen LogP contribution in [-0.4, -0.2) is 51.0 Å². The zero-order chi connectivity index (χ0) is 22.7. The summed E-state index contributed by atoms with van der Waals surface area (Å²) in [4.78, 5) is 18.2. The Balaban J connectivity index is 1.52. The zero-order valence-electron chi connectivity index (χ0n) is 18.5. The highest BCUT2D eigenvalue weighted by Gasteiger charge is 2.29. The summed E-state index contributed by atoms with van der Waals surface area (Å²) in [6.45, 7) is 6.79. The van der Waals surface area contributed by atoms with Gasteiger partial charge in [-0.05, 0) is 50.6 Å². The third-order valence-corrected chi connectivity index (χ3v) is 5.45. The number of nitrogens with zero attached hydrogens (tertiary/aromatic N) is 3. The lowest BCUT2D eigenvalue weighted by atomic mass is 10.0. The van der Waals surface area contributed by atoms with Gasteiger partial charge in [0.15, 0.2) is 0 Å². The Bertz CT molecular complexity index is 1050. The first kappa shape index (κ1) is 22.1. The standard InChI is InChI=1S/C24H27ClN4O3/c1-24(2,3)32-23(30)29-14-10-19(11-15-29)31-22-20(16-8-12-26-13-9-16)21(27-28-22)17-4-6-18(25)7-5-17/h4-9,12-13,19H,10-11,14-15H2,1-3H3,(H,27,28). The van der Waals surface area contributed by atoms with Crippen LogP contribution in [0.2, 0.25) is 5.02 Å². The highest BCUT2D eigenvalue weighted by Crippen LogP contribution is 2.38. The van der Waals surface area contributed by atoms with Gasteiger partial charge in [0, 0.05) is 48.9 Å². The number of likely N-dealkylation sites (tertiary alicyclic amines) is 1. The van der Waals surface area contributed by atoms with E-state index in [1.165, 1.54) is 0 Å². The largest absolute Gasteiger partial charge is 0.474 e. The number of hydrogen-bond donors (Lipinski definition) is 1. The van der Waals surface area contributed by atoms with Crippen LogP contribution in [-0.2, 0) is 4.74 Å². The SMILES string of the molecule is CC(C)(C)OC(=O)N1CCC(Oc2[nH]nc(-c3ccc(Cl)cc3)c2-c2ccncc2)CC1. The fourth-order valence-electron chi connectivity index (χ4n) is 3.66. The van der Waals surface area contributed by atoms with Crippen LogP contribution in [0.5, 0.6) is 5.88 Å². The number of benzene rings is 1. The van der Waals surface area contributed by atoms with E-state index in [9.17, 15) is 4.79 Å². The van der Waals surface area contributed by atoms with Crippen LogP contribution in [0.4, 0.5) is 4.79 Å². The van der Waals surface area contributed by atoms with Gasteiger partial charge in [-0.15, -0.1) is 0 Å². The first-order valence-corrected chi connectivity index (χ1v) is 11.1. The maximum atomic E-state index is 12.3. The molecule has 0 spiro atoms. The Kier molecular flexibility index (Phi) is 6.37. The van der Waals surface area contributed by atoms with E-state index in [1.54, 1.807) is 17.3 Å². The van der Waals surface area contributed by atoms with Gasteiger partial charge in [0.25, 0.3) is 0 Å². The van der Waals surface area contributed by atoms with E-state index in [0.29, 0.717) is 36.8 Å². The quantitative estimate of drug-likeness (QED) is 0.557. The summed E-state index contributed by atoms with van der Waals surface area (Å²) in [5, 5.41) is 8.28. The minimum Gasteiger partial charge on any atom is -0.474 e. The Labute approximate surface area is 192 Å². The Hall–Kier alpha value is -3.06. The molecule has 2 aromatic heterocycles. The fourth-order valence-corrected chi connectivity index (χ4v) is 3.79. The van der Waals surface area contributed by atoms with Crippen molar-refractivity contribution in [3.05, 3.63) is 53.8 Å². The van der Waals surface area contributed by atoms with Crippen LogP contribution < -0.4 is 4.74 Å². The van der Waals surface area contributed by atoms with Crippen LogP contribution in [0.1, 0.15) is 33.6 Å². The first-order valence-electron chi connectivity index (χ1n) is 10.7. The van der Waals surface area contributed by atoms with Gasteiger partial charge in [0.05, 0.1) is 5.56 Å². The van der Waals surface area contributed by atoms with Crippen molar-refractivity contribution in [3.63, 3.8) is 0 Å². The molecular formula is C24H27ClN4O3. The molecular weight excluding hydrogens is 428 g/mol. The van der Waals surface area contributed by atoms with Gasteiger partial charge < -0.3 is 14.4 Å². The third-order valence-electron chi connectivity index (χ3n) is 5.20. The number of carbonyl (C=O) groups is 1. The molecule has 1 N–H and O–H groups in total. The highest BCUT2D eigenvalue weighted by molar-refractivity contribution is 6.30. The molecule has 0 saturated carbocycles. The van der Waals surface area contributed by atoms with Gasteiger partial charge >= 0.3 is 6.09 Å². The molecule has 3 heterocycles. The van der Waals surface area contributed by atoms with E-state index in [2.05, 4.69) is 15.2 Å². The van der Waals surface area contributed by atoms with Gasteiger partial charge in [-0.25, -0.2) is 9.89 Å². The highest BCUT2D eigenvalue weighted by atomic mass is 35.5. The second-order valence-electron chi connectivity index (χ2n) is 8.80. The minimum absolute atomic E-state index is 0.0345. The molecule has 0 unspecified atom stereocenters. The number of carbonyl (C=O) groups excluding carboxylic acids is 1. The normalized spacial score (nSPS) is 14.9. The maximum Gasteiger partial charge on any atom is 0.410 e. The Morgan fingerprint density at radius 1 is 1.06 bits per heavy atom. The smallest absolute Gasteiger partial charge is 0.410 e. The van der Waals surface area contributed by atoms with Crippen molar-refractivity contribution in [2.24, 2.45) is 0 Å². The van der Waals surface area contributed by atoms with E-state index in [1.807, 2.05) is 57.2 Å². The van der Waals surface area contributed by atoms with Gasteiger partial charge in [-0.2, -0.15) is 5.10 Å². The summed E-state index contributed by atoms with van der Waals surface area (Å²) >= 11 is 6.06. The first-order chi connectivity index (χ1) is 15.3. The molecule has 1 aliphatic rings. The number of amides is 1. The predicted octanol–water partition coefficient (Wildman–Crippen LogP) is 5.57.